The Morgan fingerprint density at radius 1 is 1.09 bits per heavy atom. The molecule has 0 aliphatic carbocycles. The fraction of sp³-hybridized carbons (Fsp3) is 0.308. The number of benzene rings is 2. The smallest absolute Gasteiger partial charge is 0.125 e. The van der Waals surface area contributed by atoms with Gasteiger partial charge in [-0.25, -0.2) is 0 Å². The number of pyridine rings is 1. The van der Waals surface area contributed by atoms with E-state index in [4.69, 9.17) is 24.3 Å². The van der Waals surface area contributed by atoms with E-state index < -0.39 is 0 Å². The number of aliphatic hydroxyl groups is 1. The maximum absolute atomic E-state index is 9.17. The third-order valence-electron chi connectivity index (χ3n) is 6.03. The van der Waals surface area contributed by atoms with Crippen LogP contribution in [0, 0.1) is 5.92 Å². The molecular weight excluding hydrogens is 404 g/mol. The minimum Gasteiger partial charge on any atom is -0.497 e. The van der Waals surface area contributed by atoms with Crippen molar-refractivity contribution in [1.29, 1.82) is 0 Å². The molecule has 6 heteroatoms. The van der Waals surface area contributed by atoms with E-state index >= 15 is 0 Å². The summed E-state index contributed by atoms with van der Waals surface area (Å²) in [5.41, 5.74) is 6.44. The summed E-state index contributed by atoms with van der Waals surface area (Å²) >= 11 is 0. The predicted molar refractivity (Wildman–Crippen MR) is 123 cm³/mol. The second-order valence-corrected chi connectivity index (χ2v) is 8.10. The van der Waals surface area contributed by atoms with Crippen molar-refractivity contribution < 1.29 is 19.3 Å². The summed E-state index contributed by atoms with van der Waals surface area (Å²) in [5, 5.41) is 9.17. The molecule has 2 aliphatic heterocycles. The van der Waals surface area contributed by atoms with Gasteiger partial charge < -0.3 is 19.3 Å². The number of aliphatic hydroxyl groups excluding tert-OH is 1. The highest BCUT2D eigenvalue weighted by Gasteiger charge is 2.30. The van der Waals surface area contributed by atoms with Crippen LogP contribution in [0.25, 0.3) is 11.1 Å². The van der Waals surface area contributed by atoms with E-state index in [0.29, 0.717) is 19.6 Å². The molecular formula is C26H26N2O4. The molecule has 5 rings (SSSR count). The molecule has 2 aliphatic rings. The summed E-state index contributed by atoms with van der Waals surface area (Å²) in [5.74, 6) is 2.80. The number of aliphatic imine (C=N–C) groups is 1. The monoisotopic (exact) mass is 430 g/mol. The van der Waals surface area contributed by atoms with E-state index in [1.807, 2.05) is 24.3 Å². The van der Waals surface area contributed by atoms with Crippen LogP contribution < -0.4 is 14.2 Å². The quantitative estimate of drug-likeness (QED) is 0.563. The second-order valence-electron chi connectivity index (χ2n) is 8.10. The highest BCUT2D eigenvalue weighted by atomic mass is 16.5. The SMILES string of the molecule is COc1ccc2c(c1)CC(C1=Nc3cc(-c4ccncc4)cc(OCCCO)c3C1)CO2. The largest absolute Gasteiger partial charge is 0.497 e. The number of fused-ring (bicyclic) bond motifs is 2. The van der Waals surface area contributed by atoms with Crippen molar-refractivity contribution >= 4 is 11.4 Å². The van der Waals surface area contributed by atoms with Crippen LogP contribution in [0.15, 0.2) is 59.9 Å². The number of nitrogens with zero attached hydrogens (tertiary/aromatic N) is 2. The lowest BCUT2D eigenvalue weighted by Crippen LogP contribution is -2.28. The predicted octanol–water partition coefficient (Wildman–Crippen LogP) is 4.40. The lowest BCUT2D eigenvalue weighted by atomic mass is 9.90. The molecule has 0 bridgehead atoms. The average Bonchev–Trinajstić information content (AvgIpc) is 3.28. The molecule has 1 aromatic heterocycles. The van der Waals surface area contributed by atoms with Crippen LogP contribution in [-0.4, -0.2) is 42.7 Å². The first-order valence-corrected chi connectivity index (χ1v) is 10.9. The number of rotatable bonds is 7. The Morgan fingerprint density at radius 2 is 1.97 bits per heavy atom. The van der Waals surface area contributed by atoms with Gasteiger partial charge >= 0.3 is 0 Å². The van der Waals surface area contributed by atoms with Crippen molar-refractivity contribution in [3.63, 3.8) is 0 Å². The first-order chi connectivity index (χ1) is 15.7. The highest BCUT2D eigenvalue weighted by molar-refractivity contribution is 5.98. The Balaban J connectivity index is 1.44. The van der Waals surface area contributed by atoms with Gasteiger partial charge in [-0.05, 0) is 65.6 Å². The molecule has 0 saturated heterocycles. The molecule has 1 unspecified atom stereocenters. The second kappa shape index (κ2) is 9.01. The summed E-state index contributed by atoms with van der Waals surface area (Å²) in [6.45, 7) is 1.19. The minimum absolute atomic E-state index is 0.107. The molecule has 0 amide bonds. The third-order valence-corrected chi connectivity index (χ3v) is 6.03. The van der Waals surface area contributed by atoms with Crippen LogP contribution in [0.1, 0.15) is 17.5 Å². The van der Waals surface area contributed by atoms with E-state index in [1.54, 1.807) is 19.5 Å². The summed E-state index contributed by atoms with van der Waals surface area (Å²) in [6.07, 6.45) is 5.78. The van der Waals surface area contributed by atoms with Crippen molar-refractivity contribution in [2.75, 3.05) is 26.9 Å². The molecule has 0 radical (unpaired) electrons. The Kier molecular flexibility index (Phi) is 5.77. The lowest BCUT2D eigenvalue weighted by Gasteiger charge is -2.25. The van der Waals surface area contributed by atoms with Gasteiger partial charge in [-0.15, -0.1) is 0 Å². The molecule has 0 fully saturated rings. The van der Waals surface area contributed by atoms with E-state index in [-0.39, 0.29) is 12.5 Å². The van der Waals surface area contributed by atoms with Crippen LogP contribution >= 0.6 is 0 Å². The van der Waals surface area contributed by atoms with Crippen LogP contribution in [-0.2, 0) is 12.8 Å². The van der Waals surface area contributed by atoms with Crippen molar-refractivity contribution in [2.45, 2.75) is 19.3 Å². The zero-order valence-corrected chi connectivity index (χ0v) is 18.1. The van der Waals surface area contributed by atoms with Crippen LogP contribution in [0.2, 0.25) is 0 Å². The first kappa shape index (κ1) is 20.5. The molecule has 0 spiro atoms. The molecule has 0 saturated carbocycles. The zero-order chi connectivity index (χ0) is 21.9. The Morgan fingerprint density at radius 3 is 2.78 bits per heavy atom. The zero-order valence-electron chi connectivity index (χ0n) is 18.1. The van der Waals surface area contributed by atoms with E-state index in [9.17, 15) is 0 Å². The van der Waals surface area contributed by atoms with Crippen molar-refractivity contribution in [3.8, 4) is 28.4 Å². The molecule has 6 nitrogen and oxygen atoms in total. The lowest BCUT2D eigenvalue weighted by molar-refractivity contribution is 0.233. The summed E-state index contributed by atoms with van der Waals surface area (Å²) in [6, 6.07) is 14.1. The molecule has 2 aromatic carbocycles. The Labute approximate surface area is 187 Å². The maximum atomic E-state index is 9.17. The number of methoxy groups -OCH3 is 1. The van der Waals surface area contributed by atoms with Crippen molar-refractivity contribution in [2.24, 2.45) is 10.9 Å². The van der Waals surface area contributed by atoms with Gasteiger partial charge in [-0.2, -0.15) is 0 Å². The number of ether oxygens (including phenoxy) is 3. The molecule has 164 valence electrons. The number of hydrogen-bond donors (Lipinski definition) is 1. The molecule has 1 N–H and O–H groups in total. The van der Waals surface area contributed by atoms with Crippen molar-refractivity contribution in [1.82, 2.24) is 4.98 Å². The maximum Gasteiger partial charge on any atom is 0.125 e. The minimum atomic E-state index is 0.107. The van der Waals surface area contributed by atoms with Gasteiger partial charge in [0.1, 0.15) is 17.2 Å². The van der Waals surface area contributed by atoms with E-state index in [0.717, 1.165) is 63.7 Å². The topological polar surface area (TPSA) is 73.2 Å². The van der Waals surface area contributed by atoms with Gasteiger partial charge in [0.2, 0.25) is 0 Å². The van der Waals surface area contributed by atoms with Crippen LogP contribution in [0.5, 0.6) is 17.2 Å². The van der Waals surface area contributed by atoms with E-state index in [2.05, 4.69) is 23.2 Å². The normalized spacial score (nSPS) is 16.6. The average molecular weight is 431 g/mol. The van der Waals surface area contributed by atoms with Gasteiger partial charge in [0.25, 0.3) is 0 Å². The molecule has 3 aromatic rings. The van der Waals surface area contributed by atoms with Gasteiger partial charge in [0, 0.05) is 49.0 Å². The third kappa shape index (κ3) is 4.06. The molecule has 32 heavy (non-hydrogen) atoms. The van der Waals surface area contributed by atoms with Crippen molar-refractivity contribution in [3.05, 3.63) is 66.0 Å². The van der Waals surface area contributed by atoms with Gasteiger partial charge in [0.05, 0.1) is 26.0 Å². The standard InChI is InChI=1S/C26H26N2O4/c1-30-21-3-4-25-19(12-21)11-20(16-32-25)23-15-22-24(28-23)13-18(17-5-7-27-8-6-17)14-26(22)31-10-2-9-29/h3-8,12-14,20,29H,2,9-11,15-16H2,1H3. The highest BCUT2D eigenvalue weighted by Crippen LogP contribution is 2.41. The fourth-order valence-corrected chi connectivity index (χ4v) is 4.32. The summed E-state index contributed by atoms with van der Waals surface area (Å²) in [7, 11) is 1.68. The first-order valence-electron chi connectivity index (χ1n) is 10.9. The van der Waals surface area contributed by atoms with E-state index in [1.165, 1.54) is 0 Å². The summed E-state index contributed by atoms with van der Waals surface area (Å²) in [4.78, 5) is 9.15. The van der Waals surface area contributed by atoms with Crippen LogP contribution in [0.3, 0.4) is 0 Å². The Hall–Kier alpha value is -3.38. The Bertz CT molecular complexity index is 1140. The van der Waals surface area contributed by atoms with Crippen LogP contribution in [0.4, 0.5) is 5.69 Å². The summed E-state index contributed by atoms with van der Waals surface area (Å²) < 4.78 is 17.5. The fourth-order valence-electron chi connectivity index (χ4n) is 4.32. The van der Waals surface area contributed by atoms with Gasteiger partial charge in [-0.3, -0.25) is 9.98 Å². The van der Waals surface area contributed by atoms with Gasteiger partial charge in [0.15, 0.2) is 0 Å². The number of aromatic nitrogens is 1. The molecule has 1 atom stereocenters. The molecule has 3 heterocycles. The number of hydrogen-bond acceptors (Lipinski definition) is 6. The van der Waals surface area contributed by atoms with Gasteiger partial charge in [-0.1, -0.05) is 0 Å².